The first-order valence-corrected chi connectivity index (χ1v) is 9.45. The van der Waals surface area contributed by atoms with Crippen LogP contribution in [0.5, 0.6) is 0 Å². The molecule has 0 spiro atoms. The summed E-state index contributed by atoms with van der Waals surface area (Å²) in [5.74, 6) is -1.60. The number of nitrogens with one attached hydrogen (secondary N) is 1. The number of amides is 1. The van der Waals surface area contributed by atoms with E-state index in [1.165, 1.54) is 0 Å². The molecule has 1 saturated heterocycles. The third-order valence-corrected chi connectivity index (χ3v) is 4.91. The fourth-order valence-corrected chi connectivity index (χ4v) is 3.27. The second kappa shape index (κ2) is 9.19. The van der Waals surface area contributed by atoms with Crippen molar-refractivity contribution in [2.45, 2.75) is 6.92 Å². The lowest BCUT2D eigenvalue weighted by Gasteiger charge is -2.35. The summed E-state index contributed by atoms with van der Waals surface area (Å²) in [6.07, 6.45) is 1.12. The number of rotatable bonds is 6. The molecule has 0 radical (unpaired) electrons. The van der Waals surface area contributed by atoms with Crippen LogP contribution in [0.3, 0.4) is 0 Å². The van der Waals surface area contributed by atoms with Gasteiger partial charge in [-0.3, -0.25) is 4.79 Å². The van der Waals surface area contributed by atoms with E-state index >= 15 is 0 Å². The molecule has 0 unspecified atom stereocenters. The number of carbonyl (C=O) groups excluding carboxylic acids is 1. The molecular formula is C22H25N3O3. The van der Waals surface area contributed by atoms with Gasteiger partial charge in [-0.05, 0) is 36.4 Å². The quantitative estimate of drug-likeness (QED) is 0.755. The van der Waals surface area contributed by atoms with Crippen molar-refractivity contribution in [1.29, 1.82) is 0 Å². The van der Waals surface area contributed by atoms with E-state index in [-0.39, 0.29) is 5.57 Å². The summed E-state index contributed by atoms with van der Waals surface area (Å²) in [4.78, 5) is 28.5. The van der Waals surface area contributed by atoms with Crippen molar-refractivity contribution >= 4 is 28.8 Å². The minimum Gasteiger partial charge on any atom is -0.478 e. The Bertz CT molecular complexity index is 839. The van der Waals surface area contributed by atoms with Gasteiger partial charge in [-0.25, -0.2) is 4.79 Å². The molecular weight excluding hydrogens is 354 g/mol. The van der Waals surface area contributed by atoms with Crippen LogP contribution in [-0.2, 0) is 9.59 Å². The first-order chi connectivity index (χ1) is 13.6. The number of carboxylic acids is 1. The van der Waals surface area contributed by atoms with E-state index < -0.39 is 11.9 Å². The summed E-state index contributed by atoms with van der Waals surface area (Å²) >= 11 is 0. The van der Waals surface area contributed by atoms with Crippen LogP contribution in [0.2, 0.25) is 0 Å². The molecule has 0 bridgehead atoms. The number of likely N-dealkylation sites (N-methyl/N-ethyl adjacent to an activating group) is 1. The zero-order chi connectivity index (χ0) is 19.9. The highest BCUT2D eigenvalue weighted by molar-refractivity contribution is 6.21. The number of nitrogens with zero attached hydrogens (tertiary/aromatic N) is 2. The van der Waals surface area contributed by atoms with Crippen LogP contribution in [0.1, 0.15) is 12.5 Å². The standard InChI is InChI=1S/C22H25N3O3/c1-2-24-12-14-25(15-13-24)19-10-8-18(9-11-19)23-21(26)16-20(22(27)28)17-6-4-3-5-7-17/h3-11,16H,2,12-15H2,1H3,(H,23,26)(H,27,28). The highest BCUT2D eigenvalue weighted by Crippen LogP contribution is 2.20. The highest BCUT2D eigenvalue weighted by atomic mass is 16.4. The number of benzene rings is 2. The largest absolute Gasteiger partial charge is 0.478 e. The van der Waals surface area contributed by atoms with Crippen LogP contribution < -0.4 is 10.2 Å². The van der Waals surface area contributed by atoms with Gasteiger partial charge in [-0.15, -0.1) is 0 Å². The van der Waals surface area contributed by atoms with Gasteiger partial charge in [0.25, 0.3) is 0 Å². The van der Waals surface area contributed by atoms with E-state index in [2.05, 4.69) is 22.0 Å². The lowest BCUT2D eigenvalue weighted by atomic mass is 10.1. The second-order valence-corrected chi connectivity index (χ2v) is 6.69. The molecule has 2 N–H and O–H groups in total. The smallest absolute Gasteiger partial charge is 0.336 e. The third kappa shape index (κ3) is 4.98. The van der Waals surface area contributed by atoms with E-state index in [1.54, 1.807) is 30.3 Å². The van der Waals surface area contributed by atoms with Gasteiger partial charge in [0.2, 0.25) is 5.91 Å². The average Bonchev–Trinajstić information content (AvgIpc) is 2.73. The van der Waals surface area contributed by atoms with Gasteiger partial charge < -0.3 is 20.2 Å². The zero-order valence-electron chi connectivity index (χ0n) is 16.0. The summed E-state index contributed by atoms with van der Waals surface area (Å²) < 4.78 is 0. The maximum Gasteiger partial charge on any atom is 0.336 e. The van der Waals surface area contributed by atoms with E-state index in [4.69, 9.17) is 0 Å². The molecule has 1 aliphatic rings. The van der Waals surface area contributed by atoms with Crippen molar-refractivity contribution in [2.24, 2.45) is 0 Å². The molecule has 1 amide bonds. The van der Waals surface area contributed by atoms with Crippen LogP contribution in [0.4, 0.5) is 11.4 Å². The van der Waals surface area contributed by atoms with Crippen molar-refractivity contribution in [3.8, 4) is 0 Å². The van der Waals surface area contributed by atoms with Crippen LogP contribution in [0.15, 0.2) is 60.7 Å². The van der Waals surface area contributed by atoms with E-state index in [9.17, 15) is 14.7 Å². The van der Waals surface area contributed by atoms with Crippen molar-refractivity contribution in [3.63, 3.8) is 0 Å². The van der Waals surface area contributed by atoms with Gasteiger partial charge in [-0.1, -0.05) is 37.3 Å². The Hall–Kier alpha value is -3.12. The molecule has 6 nitrogen and oxygen atoms in total. The first-order valence-electron chi connectivity index (χ1n) is 9.45. The molecule has 1 fully saturated rings. The fourth-order valence-electron chi connectivity index (χ4n) is 3.27. The number of carboxylic acid groups (broad SMARTS) is 1. The molecule has 1 aliphatic heterocycles. The SMILES string of the molecule is CCN1CCN(c2ccc(NC(=O)C=C(C(=O)O)c3ccccc3)cc2)CC1. The van der Waals surface area contributed by atoms with Crippen LogP contribution in [0, 0.1) is 0 Å². The molecule has 0 atom stereocenters. The Morgan fingerprint density at radius 3 is 2.21 bits per heavy atom. The number of piperazine rings is 1. The van der Waals surface area contributed by atoms with Gasteiger partial charge in [0.1, 0.15) is 0 Å². The summed E-state index contributed by atoms with van der Waals surface area (Å²) in [6.45, 7) is 7.33. The molecule has 0 aliphatic carbocycles. The van der Waals surface area contributed by atoms with Crippen molar-refractivity contribution < 1.29 is 14.7 Å². The lowest BCUT2D eigenvalue weighted by molar-refractivity contribution is -0.130. The first kappa shape index (κ1) is 19.6. The van der Waals surface area contributed by atoms with Gasteiger partial charge in [-0.2, -0.15) is 0 Å². The number of carbonyl (C=O) groups is 2. The Morgan fingerprint density at radius 2 is 1.64 bits per heavy atom. The van der Waals surface area contributed by atoms with Crippen LogP contribution in [-0.4, -0.2) is 54.6 Å². The van der Waals surface area contributed by atoms with Crippen LogP contribution >= 0.6 is 0 Å². The molecule has 146 valence electrons. The van der Waals surface area contributed by atoms with Crippen molar-refractivity contribution in [1.82, 2.24) is 4.90 Å². The molecule has 1 heterocycles. The van der Waals surface area contributed by atoms with E-state index in [0.29, 0.717) is 11.3 Å². The maximum atomic E-state index is 12.3. The molecule has 2 aromatic rings. The molecule has 0 saturated carbocycles. The van der Waals surface area contributed by atoms with Crippen molar-refractivity contribution in [2.75, 3.05) is 42.9 Å². The predicted octanol–water partition coefficient (Wildman–Crippen LogP) is 2.94. The summed E-state index contributed by atoms with van der Waals surface area (Å²) in [5.41, 5.74) is 2.21. The Morgan fingerprint density at radius 1 is 1.00 bits per heavy atom. The minimum atomic E-state index is -1.14. The zero-order valence-corrected chi connectivity index (χ0v) is 16.0. The Labute approximate surface area is 165 Å². The molecule has 0 aromatic heterocycles. The lowest BCUT2D eigenvalue weighted by Crippen LogP contribution is -2.46. The molecule has 28 heavy (non-hydrogen) atoms. The summed E-state index contributed by atoms with van der Waals surface area (Å²) in [6, 6.07) is 16.3. The topological polar surface area (TPSA) is 72.9 Å². The number of hydrogen-bond acceptors (Lipinski definition) is 4. The van der Waals surface area contributed by atoms with E-state index in [0.717, 1.165) is 44.5 Å². The Balaban J connectivity index is 1.65. The number of anilines is 2. The normalized spacial score (nSPS) is 15.3. The van der Waals surface area contributed by atoms with E-state index in [1.807, 2.05) is 24.3 Å². The number of hydrogen-bond donors (Lipinski definition) is 2. The minimum absolute atomic E-state index is 0.0384. The number of aliphatic carboxylic acids is 1. The predicted molar refractivity (Wildman–Crippen MR) is 111 cm³/mol. The summed E-state index contributed by atoms with van der Waals surface area (Å²) in [7, 11) is 0. The van der Waals surface area contributed by atoms with Gasteiger partial charge in [0.05, 0.1) is 5.57 Å². The fraction of sp³-hybridized carbons (Fsp3) is 0.273. The molecule has 6 heteroatoms. The van der Waals surface area contributed by atoms with Gasteiger partial charge in [0, 0.05) is 43.6 Å². The average molecular weight is 379 g/mol. The maximum absolute atomic E-state index is 12.3. The molecule has 2 aromatic carbocycles. The van der Waals surface area contributed by atoms with Crippen molar-refractivity contribution in [3.05, 3.63) is 66.2 Å². The highest BCUT2D eigenvalue weighted by Gasteiger charge is 2.16. The summed E-state index contributed by atoms with van der Waals surface area (Å²) in [5, 5.41) is 12.1. The molecule has 3 rings (SSSR count). The van der Waals surface area contributed by atoms with Gasteiger partial charge in [0.15, 0.2) is 0 Å². The Kier molecular flexibility index (Phi) is 6.45. The monoisotopic (exact) mass is 379 g/mol. The van der Waals surface area contributed by atoms with Crippen LogP contribution in [0.25, 0.3) is 5.57 Å². The second-order valence-electron chi connectivity index (χ2n) is 6.69. The third-order valence-electron chi connectivity index (χ3n) is 4.91. The van der Waals surface area contributed by atoms with Gasteiger partial charge >= 0.3 is 5.97 Å².